The highest BCUT2D eigenvalue weighted by Crippen LogP contribution is 2.19. The lowest BCUT2D eigenvalue weighted by atomic mass is 10.2. The molecule has 7 nitrogen and oxygen atoms in total. The van der Waals surface area contributed by atoms with Gasteiger partial charge in [-0.15, -0.1) is 0 Å². The second-order valence-electron chi connectivity index (χ2n) is 6.63. The topological polar surface area (TPSA) is 61.5 Å². The summed E-state index contributed by atoms with van der Waals surface area (Å²) in [4.78, 5) is 16.0. The molecule has 0 bridgehead atoms. The molecule has 0 atom stereocenters. The predicted octanol–water partition coefficient (Wildman–Crippen LogP) is 1.78. The molecule has 0 unspecified atom stereocenters. The molecule has 0 saturated carbocycles. The lowest BCUT2D eigenvalue weighted by molar-refractivity contribution is 0.246. The van der Waals surface area contributed by atoms with E-state index in [0.29, 0.717) is 0 Å². The molecule has 0 spiro atoms. The van der Waals surface area contributed by atoms with Crippen LogP contribution >= 0.6 is 0 Å². The first-order chi connectivity index (χ1) is 11.4. The summed E-state index contributed by atoms with van der Waals surface area (Å²) >= 11 is 0. The van der Waals surface area contributed by atoms with E-state index in [1.165, 1.54) is 5.56 Å². The standard InChI is InChI=1S/C17H26N6O/c1-12-10-16(21(4)5)19-17(18-12)23-8-6-22(7-9-23)11-15-13(2)20-24-14(15)3/h10H,6-9,11H2,1-5H3. The Morgan fingerprint density at radius 1 is 1.08 bits per heavy atom. The molecule has 0 amide bonds. The number of aryl methyl sites for hydroxylation is 3. The molecule has 1 aliphatic rings. The van der Waals surface area contributed by atoms with Crippen molar-refractivity contribution in [3.05, 3.63) is 28.8 Å². The molecule has 130 valence electrons. The molecule has 24 heavy (non-hydrogen) atoms. The number of nitrogens with zero attached hydrogens (tertiary/aromatic N) is 6. The minimum Gasteiger partial charge on any atom is -0.363 e. The molecule has 1 fully saturated rings. The normalized spacial score (nSPS) is 15.8. The van der Waals surface area contributed by atoms with Gasteiger partial charge in [-0.05, 0) is 20.8 Å². The highest BCUT2D eigenvalue weighted by atomic mass is 16.5. The summed E-state index contributed by atoms with van der Waals surface area (Å²) in [7, 11) is 4.01. The van der Waals surface area contributed by atoms with E-state index >= 15 is 0 Å². The predicted molar refractivity (Wildman–Crippen MR) is 94.6 cm³/mol. The van der Waals surface area contributed by atoms with E-state index in [2.05, 4.69) is 24.9 Å². The molecule has 3 rings (SSSR count). The van der Waals surface area contributed by atoms with Gasteiger partial charge in [-0.1, -0.05) is 5.16 Å². The minimum absolute atomic E-state index is 0.829. The third-order valence-electron chi connectivity index (χ3n) is 4.51. The number of aromatic nitrogens is 3. The van der Waals surface area contributed by atoms with Crippen LogP contribution in [0.2, 0.25) is 0 Å². The van der Waals surface area contributed by atoms with Gasteiger partial charge in [-0.2, -0.15) is 4.98 Å². The number of piperazine rings is 1. The second kappa shape index (κ2) is 6.76. The number of rotatable bonds is 4. The fourth-order valence-corrected chi connectivity index (χ4v) is 2.96. The molecule has 2 aromatic rings. The lowest BCUT2D eigenvalue weighted by Crippen LogP contribution is -2.46. The van der Waals surface area contributed by atoms with Crippen LogP contribution in [-0.2, 0) is 6.54 Å². The van der Waals surface area contributed by atoms with Crippen LogP contribution in [0.25, 0.3) is 0 Å². The van der Waals surface area contributed by atoms with E-state index in [0.717, 1.165) is 61.6 Å². The van der Waals surface area contributed by atoms with Gasteiger partial charge in [0.2, 0.25) is 5.95 Å². The fourth-order valence-electron chi connectivity index (χ4n) is 2.96. The summed E-state index contributed by atoms with van der Waals surface area (Å²) in [6, 6.07) is 2.01. The molecule has 0 N–H and O–H groups in total. The van der Waals surface area contributed by atoms with Crippen LogP contribution in [0.3, 0.4) is 0 Å². The zero-order valence-corrected chi connectivity index (χ0v) is 15.2. The van der Waals surface area contributed by atoms with Gasteiger partial charge < -0.3 is 14.3 Å². The van der Waals surface area contributed by atoms with Crippen molar-refractivity contribution in [1.29, 1.82) is 0 Å². The minimum atomic E-state index is 0.829. The first-order valence-electron chi connectivity index (χ1n) is 8.36. The van der Waals surface area contributed by atoms with Gasteiger partial charge in [0.15, 0.2) is 0 Å². The van der Waals surface area contributed by atoms with Crippen molar-refractivity contribution in [2.75, 3.05) is 50.1 Å². The van der Waals surface area contributed by atoms with Gasteiger partial charge in [-0.3, -0.25) is 4.90 Å². The van der Waals surface area contributed by atoms with Gasteiger partial charge in [0, 0.05) is 64.1 Å². The summed E-state index contributed by atoms with van der Waals surface area (Å²) in [6.07, 6.45) is 0. The Labute approximate surface area is 143 Å². The van der Waals surface area contributed by atoms with E-state index in [9.17, 15) is 0 Å². The second-order valence-corrected chi connectivity index (χ2v) is 6.63. The molecule has 7 heteroatoms. The van der Waals surface area contributed by atoms with Gasteiger partial charge in [0.05, 0.1) is 5.69 Å². The average molecular weight is 330 g/mol. The van der Waals surface area contributed by atoms with Crippen LogP contribution in [0.15, 0.2) is 10.6 Å². The monoisotopic (exact) mass is 330 g/mol. The van der Waals surface area contributed by atoms with E-state index in [-0.39, 0.29) is 0 Å². The van der Waals surface area contributed by atoms with Crippen LogP contribution < -0.4 is 9.80 Å². The fraction of sp³-hybridized carbons (Fsp3) is 0.588. The Morgan fingerprint density at radius 2 is 1.79 bits per heavy atom. The molecule has 3 heterocycles. The van der Waals surface area contributed by atoms with E-state index in [4.69, 9.17) is 4.52 Å². The van der Waals surface area contributed by atoms with E-state index in [1.807, 2.05) is 45.8 Å². The van der Waals surface area contributed by atoms with Crippen molar-refractivity contribution in [1.82, 2.24) is 20.0 Å². The zero-order chi connectivity index (χ0) is 17.3. The maximum absolute atomic E-state index is 5.26. The molecular formula is C17H26N6O. The van der Waals surface area contributed by atoms with Crippen molar-refractivity contribution in [2.45, 2.75) is 27.3 Å². The average Bonchev–Trinajstić information content (AvgIpc) is 2.87. The van der Waals surface area contributed by atoms with Crippen LogP contribution in [-0.4, -0.2) is 60.3 Å². The number of anilines is 2. The quantitative estimate of drug-likeness (QED) is 0.847. The Balaban J connectivity index is 1.65. The number of hydrogen-bond donors (Lipinski definition) is 0. The Kier molecular flexibility index (Phi) is 4.71. The molecule has 0 radical (unpaired) electrons. The maximum atomic E-state index is 5.26. The molecular weight excluding hydrogens is 304 g/mol. The molecule has 1 saturated heterocycles. The molecule has 2 aromatic heterocycles. The van der Waals surface area contributed by atoms with Crippen molar-refractivity contribution >= 4 is 11.8 Å². The van der Waals surface area contributed by atoms with Gasteiger partial charge >= 0.3 is 0 Å². The zero-order valence-electron chi connectivity index (χ0n) is 15.2. The van der Waals surface area contributed by atoms with Gasteiger partial charge in [0.25, 0.3) is 0 Å². The third kappa shape index (κ3) is 3.51. The van der Waals surface area contributed by atoms with Crippen molar-refractivity contribution in [2.24, 2.45) is 0 Å². The lowest BCUT2D eigenvalue weighted by Gasteiger charge is -2.35. The molecule has 0 aromatic carbocycles. The largest absolute Gasteiger partial charge is 0.363 e. The Bertz CT molecular complexity index is 684. The smallest absolute Gasteiger partial charge is 0.227 e. The maximum Gasteiger partial charge on any atom is 0.227 e. The highest BCUT2D eigenvalue weighted by molar-refractivity contribution is 5.45. The first kappa shape index (κ1) is 16.7. The summed E-state index contributed by atoms with van der Waals surface area (Å²) in [6.45, 7) is 10.7. The van der Waals surface area contributed by atoms with E-state index < -0.39 is 0 Å². The summed E-state index contributed by atoms with van der Waals surface area (Å²) in [5.74, 6) is 2.71. The summed E-state index contributed by atoms with van der Waals surface area (Å²) < 4.78 is 5.26. The first-order valence-corrected chi connectivity index (χ1v) is 8.36. The van der Waals surface area contributed by atoms with E-state index in [1.54, 1.807) is 0 Å². The summed E-state index contributed by atoms with van der Waals surface area (Å²) in [5, 5.41) is 4.04. The third-order valence-corrected chi connectivity index (χ3v) is 4.51. The van der Waals surface area contributed by atoms with Gasteiger partial charge in [0.1, 0.15) is 11.6 Å². The molecule has 1 aliphatic heterocycles. The van der Waals surface area contributed by atoms with Crippen LogP contribution in [0.1, 0.15) is 22.7 Å². The van der Waals surface area contributed by atoms with Crippen LogP contribution in [0, 0.1) is 20.8 Å². The SMILES string of the molecule is Cc1cc(N(C)C)nc(N2CCN(Cc3c(C)noc3C)CC2)n1. The van der Waals surface area contributed by atoms with Gasteiger partial charge in [-0.25, -0.2) is 4.98 Å². The summed E-state index contributed by atoms with van der Waals surface area (Å²) in [5.41, 5.74) is 3.21. The van der Waals surface area contributed by atoms with Crippen LogP contribution in [0.5, 0.6) is 0 Å². The van der Waals surface area contributed by atoms with Crippen molar-refractivity contribution in [3.8, 4) is 0 Å². The van der Waals surface area contributed by atoms with Crippen molar-refractivity contribution in [3.63, 3.8) is 0 Å². The Hall–Kier alpha value is -2.15. The number of hydrogen-bond acceptors (Lipinski definition) is 7. The molecule has 0 aliphatic carbocycles. The van der Waals surface area contributed by atoms with Crippen LogP contribution in [0.4, 0.5) is 11.8 Å². The Morgan fingerprint density at radius 3 is 2.38 bits per heavy atom. The van der Waals surface area contributed by atoms with Crippen molar-refractivity contribution < 1.29 is 4.52 Å². The highest BCUT2D eigenvalue weighted by Gasteiger charge is 2.22.